The molecule has 2 aromatic rings. The first-order valence-corrected chi connectivity index (χ1v) is 9.87. The quantitative estimate of drug-likeness (QED) is 0.700. The molecular weight excluding hydrogens is 374 g/mol. The van der Waals surface area contributed by atoms with Crippen molar-refractivity contribution in [3.05, 3.63) is 33.3 Å². The lowest BCUT2D eigenvalue weighted by Gasteiger charge is -2.09. The van der Waals surface area contributed by atoms with Crippen molar-refractivity contribution in [2.24, 2.45) is 0 Å². The van der Waals surface area contributed by atoms with Crippen molar-refractivity contribution < 1.29 is 14.3 Å². The number of halogens is 1. The number of aryl methyl sites for hydroxylation is 2. The Bertz CT molecular complexity index is 752. The second-order valence-electron chi connectivity index (χ2n) is 6.32. The number of carbonyl (C=O) groups excluding carboxylic acids is 1. The fourth-order valence-electron chi connectivity index (χ4n) is 2.78. The van der Waals surface area contributed by atoms with Gasteiger partial charge in [0.05, 0.1) is 6.61 Å². The van der Waals surface area contributed by atoms with Gasteiger partial charge in [0.15, 0.2) is 0 Å². The van der Waals surface area contributed by atoms with E-state index in [1.165, 1.54) is 11.3 Å². The van der Waals surface area contributed by atoms with Gasteiger partial charge in [-0.05, 0) is 56.4 Å². The van der Waals surface area contributed by atoms with Gasteiger partial charge >= 0.3 is 0 Å². The van der Waals surface area contributed by atoms with Crippen LogP contribution in [0.4, 0.5) is 5.13 Å². The van der Waals surface area contributed by atoms with Crippen molar-refractivity contribution in [1.82, 2.24) is 10.2 Å². The molecule has 8 heteroatoms. The van der Waals surface area contributed by atoms with Crippen molar-refractivity contribution in [2.75, 3.05) is 18.5 Å². The highest BCUT2D eigenvalue weighted by atomic mass is 35.5. The average molecular weight is 396 g/mol. The summed E-state index contributed by atoms with van der Waals surface area (Å²) in [6.45, 7) is 5.12. The molecule has 2 heterocycles. The molecule has 0 bridgehead atoms. The van der Waals surface area contributed by atoms with Gasteiger partial charge < -0.3 is 14.8 Å². The Kier molecular flexibility index (Phi) is 6.45. The van der Waals surface area contributed by atoms with E-state index in [9.17, 15) is 4.79 Å². The molecule has 1 aromatic carbocycles. The zero-order chi connectivity index (χ0) is 18.5. The van der Waals surface area contributed by atoms with E-state index in [4.69, 9.17) is 21.1 Å². The summed E-state index contributed by atoms with van der Waals surface area (Å²) in [5.41, 5.74) is 1.97. The van der Waals surface area contributed by atoms with E-state index in [0.717, 1.165) is 46.4 Å². The lowest BCUT2D eigenvalue weighted by Crippen LogP contribution is -2.12. The zero-order valence-electron chi connectivity index (χ0n) is 14.9. The molecule has 1 aliphatic rings. The SMILES string of the molecule is Cc1cc(OCCCC(=O)Nc2nnc([C@@H]3CCCO3)s2)cc(C)c1Cl. The number of amides is 1. The molecule has 0 unspecified atom stereocenters. The Hall–Kier alpha value is -1.70. The maximum Gasteiger partial charge on any atom is 0.226 e. The van der Waals surface area contributed by atoms with E-state index in [1.54, 1.807) is 0 Å². The third-order valence-electron chi connectivity index (χ3n) is 4.12. The number of nitrogens with zero attached hydrogens (tertiary/aromatic N) is 2. The van der Waals surface area contributed by atoms with E-state index in [2.05, 4.69) is 15.5 Å². The highest BCUT2D eigenvalue weighted by Gasteiger charge is 2.22. The van der Waals surface area contributed by atoms with Gasteiger partial charge in [0.1, 0.15) is 16.9 Å². The summed E-state index contributed by atoms with van der Waals surface area (Å²) < 4.78 is 11.3. The fourth-order valence-corrected chi connectivity index (χ4v) is 3.73. The standard InChI is InChI=1S/C18H22ClN3O3S/c1-11-9-13(10-12(2)16(11)19)24-7-4-6-15(23)20-18-22-21-17(26-18)14-5-3-8-25-14/h9-10,14H,3-8H2,1-2H3,(H,20,22,23)/t14-/m0/s1. The van der Waals surface area contributed by atoms with E-state index >= 15 is 0 Å². The predicted molar refractivity (Wildman–Crippen MR) is 102 cm³/mol. The molecule has 1 aliphatic heterocycles. The first-order chi connectivity index (χ1) is 12.5. The number of aromatic nitrogens is 2. The summed E-state index contributed by atoms with van der Waals surface area (Å²) in [5, 5.41) is 13.0. The molecule has 1 amide bonds. The Labute approximate surface area is 161 Å². The van der Waals surface area contributed by atoms with Crippen molar-refractivity contribution in [3.8, 4) is 5.75 Å². The van der Waals surface area contributed by atoms with Gasteiger partial charge in [0.25, 0.3) is 0 Å². The number of anilines is 1. The minimum Gasteiger partial charge on any atom is -0.494 e. The second-order valence-corrected chi connectivity index (χ2v) is 7.71. The third kappa shape index (κ3) is 4.93. The topological polar surface area (TPSA) is 73.3 Å². The number of hydrogen-bond acceptors (Lipinski definition) is 6. The zero-order valence-corrected chi connectivity index (χ0v) is 16.5. The monoisotopic (exact) mass is 395 g/mol. The molecule has 0 radical (unpaired) electrons. The minimum atomic E-state index is -0.0906. The van der Waals surface area contributed by atoms with E-state index in [1.807, 2.05) is 26.0 Å². The largest absolute Gasteiger partial charge is 0.494 e. The van der Waals surface area contributed by atoms with Crippen molar-refractivity contribution in [2.45, 2.75) is 45.6 Å². The average Bonchev–Trinajstić information content (AvgIpc) is 3.28. The first kappa shape index (κ1) is 19.1. The van der Waals surface area contributed by atoms with Crippen LogP contribution < -0.4 is 10.1 Å². The number of nitrogens with one attached hydrogen (secondary N) is 1. The van der Waals surface area contributed by atoms with Gasteiger partial charge in [0, 0.05) is 18.1 Å². The summed E-state index contributed by atoms with van der Waals surface area (Å²) in [6, 6.07) is 3.81. The summed E-state index contributed by atoms with van der Waals surface area (Å²) >= 11 is 7.52. The Morgan fingerprint density at radius 3 is 2.85 bits per heavy atom. The van der Waals surface area contributed by atoms with Crippen LogP contribution in [0.3, 0.4) is 0 Å². The highest BCUT2D eigenvalue weighted by molar-refractivity contribution is 7.15. The smallest absolute Gasteiger partial charge is 0.226 e. The van der Waals surface area contributed by atoms with Crippen LogP contribution >= 0.6 is 22.9 Å². The van der Waals surface area contributed by atoms with Gasteiger partial charge in [0.2, 0.25) is 11.0 Å². The fraction of sp³-hybridized carbons (Fsp3) is 0.500. The third-order valence-corrected chi connectivity index (χ3v) is 5.65. The van der Waals surface area contributed by atoms with Crippen LogP contribution in [0.5, 0.6) is 5.75 Å². The molecule has 1 fully saturated rings. The van der Waals surface area contributed by atoms with E-state index in [-0.39, 0.29) is 12.0 Å². The van der Waals surface area contributed by atoms with Crippen molar-refractivity contribution >= 4 is 34.0 Å². The van der Waals surface area contributed by atoms with E-state index < -0.39 is 0 Å². The van der Waals surface area contributed by atoms with Crippen LogP contribution in [-0.4, -0.2) is 29.3 Å². The van der Waals surface area contributed by atoms with Gasteiger partial charge in [-0.3, -0.25) is 4.79 Å². The summed E-state index contributed by atoms with van der Waals surface area (Å²) in [7, 11) is 0. The summed E-state index contributed by atoms with van der Waals surface area (Å²) in [6.07, 6.45) is 3.00. The molecular formula is C18H22ClN3O3S. The molecule has 1 saturated heterocycles. The van der Waals surface area contributed by atoms with Crippen LogP contribution in [-0.2, 0) is 9.53 Å². The predicted octanol–water partition coefficient (Wildman–Crippen LogP) is 4.46. The molecule has 0 aliphatic carbocycles. The molecule has 26 heavy (non-hydrogen) atoms. The molecule has 6 nitrogen and oxygen atoms in total. The maximum atomic E-state index is 12.0. The number of hydrogen-bond donors (Lipinski definition) is 1. The molecule has 1 N–H and O–H groups in total. The van der Waals surface area contributed by atoms with Gasteiger partial charge in [-0.1, -0.05) is 22.9 Å². The van der Waals surface area contributed by atoms with Gasteiger partial charge in [-0.2, -0.15) is 0 Å². The molecule has 1 aromatic heterocycles. The highest BCUT2D eigenvalue weighted by Crippen LogP contribution is 2.32. The maximum absolute atomic E-state index is 12.0. The lowest BCUT2D eigenvalue weighted by atomic mass is 10.1. The van der Waals surface area contributed by atoms with Crippen LogP contribution in [0.25, 0.3) is 0 Å². The minimum absolute atomic E-state index is 0.0258. The number of rotatable bonds is 7. The van der Waals surface area contributed by atoms with Gasteiger partial charge in [-0.15, -0.1) is 10.2 Å². The number of carbonyl (C=O) groups is 1. The number of benzene rings is 1. The van der Waals surface area contributed by atoms with Crippen LogP contribution in [0.2, 0.25) is 5.02 Å². The first-order valence-electron chi connectivity index (χ1n) is 8.67. The van der Waals surface area contributed by atoms with Crippen molar-refractivity contribution in [1.29, 1.82) is 0 Å². The summed E-state index contributed by atoms with van der Waals surface area (Å²) in [4.78, 5) is 12.0. The molecule has 3 rings (SSSR count). The van der Waals surface area contributed by atoms with Crippen molar-refractivity contribution in [3.63, 3.8) is 0 Å². The summed E-state index contributed by atoms with van der Waals surface area (Å²) in [5.74, 6) is 0.683. The molecule has 0 spiro atoms. The number of ether oxygens (including phenoxy) is 2. The lowest BCUT2D eigenvalue weighted by molar-refractivity contribution is -0.116. The normalized spacial score (nSPS) is 16.7. The van der Waals surface area contributed by atoms with Crippen LogP contribution in [0.15, 0.2) is 12.1 Å². The van der Waals surface area contributed by atoms with Crippen LogP contribution in [0.1, 0.15) is 47.9 Å². The Morgan fingerprint density at radius 2 is 2.15 bits per heavy atom. The van der Waals surface area contributed by atoms with Crippen LogP contribution in [0, 0.1) is 13.8 Å². The second kappa shape index (κ2) is 8.79. The van der Waals surface area contributed by atoms with Gasteiger partial charge in [-0.25, -0.2) is 0 Å². The van der Waals surface area contributed by atoms with E-state index in [0.29, 0.717) is 24.6 Å². The molecule has 140 valence electrons. The molecule has 0 saturated carbocycles. The Balaban J connectivity index is 1.40. The molecule has 1 atom stereocenters. The Morgan fingerprint density at radius 1 is 1.38 bits per heavy atom.